The van der Waals surface area contributed by atoms with Gasteiger partial charge in [-0.15, -0.1) is 0 Å². The molecule has 0 saturated heterocycles. The molecule has 2 amide bonds. The van der Waals surface area contributed by atoms with Crippen LogP contribution < -0.4 is 11.1 Å². The molecule has 2 aliphatic rings. The van der Waals surface area contributed by atoms with E-state index in [0.29, 0.717) is 28.8 Å². The van der Waals surface area contributed by atoms with Crippen LogP contribution in [0.15, 0.2) is 54.7 Å². The molecule has 2 aliphatic carbocycles. The topological polar surface area (TPSA) is 103 Å². The minimum absolute atomic E-state index is 0.0171. The zero-order valence-corrected chi connectivity index (χ0v) is 22.8. The number of halogens is 5. The number of aromatic nitrogens is 3. The lowest BCUT2D eigenvalue weighted by Gasteiger charge is -2.22. The molecule has 0 spiro atoms. The van der Waals surface area contributed by atoms with E-state index in [1.165, 1.54) is 23.0 Å². The van der Waals surface area contributed by atoms with E-state index in [9.17, 15) is 31.5 Å². The SMILES string of the molecule is CC1C2Cc3c(c(C(F)F)nn3CC(=O)NC(Cc3cc(F)cc(F)c3)c3ncccc3-c3ccc(F)c(C(N)=O)c3)C12. The Morgan fingerprint density at radius 2 is 1.81 bits per heavy atom. The van der Waals surface area contributed by atoms with Crippen molar-refractivity contribution in [1.82, 2.24) is 20.1 Å². The Morgan fingerprint density at radius 3 is 2.51 bits per heavy atom. The number of amides is 2. The number of nitrogens with zero attached hydrogens (tertiary/aromatic N) is 3. The maximum Gasteiger partial charge on any atom is 0.282 e. The van der Waals surface area contributed by atoms with Crippen LogP contribution in [0.2, 0.25) is 0 Å². The van der Waals surface area contributed by atoms with Crippen LogP contribution in [-0.2, 0) is 24.2 Å². The van der Waals surface area contributed by atoms with Crippen molar-refractivity contribution in [2.24, 2.45) is 17.6 Å². The largest absolute Gasteiger partial charge is 0.366 e. The number of carbonyl (C=O) groups excluding carboxylic acids is 2. The summed E-state index contributed by atoms with van der Waals surface area (Å²) < 4.78 is 71.4. The number of nitrogens with one attached hydrogen (secondary N) is 1. The molecule has 6 rings (SSSR count). The molecule has 4 aromatic rings. The molecule has 0 radical (unpaired) electrons. The summed E-state index contributed by atoms with van der Waals surface area (Å²) in [4.78, 5) is 29.7. The molecule has 2 aromatic heterocycles. The van der Waals surface area contributed by atoms with Gasteiger partial charge >= 0.3 is 0 Å². The molecular weight excluding hydrogens is 569 g/mol. The van der Waals surface area contributed by atoms with Crippen LogP contribution in [0.1, 0.15) is 63.9 Å². The quantitative estimate of drug-likeness (QED) is 0.253. The normalized spacial score (nSPS) is 19.2. The number of fused-ring (bicyclic) bond motifs is 3. The minimum Gasteiger partial charge on any atom is -0.366 e. The van der Waals surface area contributed by atoms with Gasteiger partial charge in [0.1, 0.15) is 29.7 Å². The van der Waals surface area contributed by atoms with Crippen LogP contribution in [-0.4, -0.2) is 26.6 Å². The third-order valence-corrected chi connectivity index (χ3v) is 8.36. The van der Waals surface area contributed by atoms with Crippen molar-refractivity contribution in [2.75, 3.05) is 0 Å². The number of rotatable bonds is 9. The summed E-state index contributed by atoms with van der Waals surface area (Å²) in [5.74, 6) is -3.45. The molecule has 4 atom stereocenters. The third-order valence-electron chi connectivity index (χ3n) is 8.36. The van der Waals surface area contributed by atoms with Crippen LogP contribution in [0.5, 0.6) is 0 Å². The van der Waals surface area contributed by atoms with E-state index in [-0.39, 0.29) is 53.2 Å². The standard InChI is InChI=1S/C31H26F5N5O2/c1-14-20-12-24-27(26(14)20)29(30(35)36)40-41(24)13-25(42)39-23(9-15-7-17(32)11-18(33)8-15)28-19(3-2-6-38-28)16-4-5-22(34)21(10-16)31(37)43/h2-8,10-11,14,20,23,26,30H,9,12-13H2,1H3,(H2,37,43)(H,39,42). The molecule has 0 bridgehead atoms. The van der Waals surface area contributed by atoms with Gasteiger partial charge in [0.25, 0.3) is 12.3 Å². The smallest absolute Gasteiger partial charge is 0.282 e. The van der Waals surface area contributed by atoms with Crippen molar-refractivity contribution in [3.05, 3.63) is 106 Å². The molecule has 1 fully saturated rings. The van der Waals surface area contributed by atoms with E-state index in [1.807, 2.05) is 6.92 Å². The molecule has 4 unspecified atom stereocenters. The van der Waals surface area contributed by atoms with Gasteiger partial charge in [-0.25, -0.2) is 22.0 Å². The number of carbonyl (C=O) groups is 2. The first-order valence-electron chi connectivity index (χ1n) is 13.7. The monoisotopic (exact) mass is 595 g/mol. The predicted octanol–water partition coefficient (Wildman–Crippen LogP) is 5.40. The molecule has 2 aromatic carbocycles. The first-order valence-corrected chi connectivity index (χ1v) is 13.7. The summed E-state index contributed by atoms with van der Waals surface area (Å²) in [6, 6.07) is 8.96. The van der Waals surface area contributed by atoms with E-state index >= 15 is 0 Å². The van der Waals surface area contributed by atoms with Gasteiger partial charge < -0.3 is 11.1 Å². The van der Waals surface area contributed by atoms with Crippen LogP contribution in [0.3, 0.4) is 0 Å². The summed E-state index contributed by atoms with van der Waals surface area (Å²) in [5, 5.41) is 6.91. The van der Waals surface area contributed by atoms with Crippen LogP contribution in [0.25, 0.3) is 11.1 Å². The lowest BCUT2D eigenvalue weighted by molar-refractivity contribution is -0.122. The first kappa shape index (κ1) is 28.5. The summed E-state index contributed by atoms with van der Waals surface area (Å²) in [7, 11) is 0. The average molecular weight is 596 g/mol. The van der Waals surface area contributed by atoms with Gasteiger partial charge in [0, 0.05) is 29.1 Å². The van der Waals surface area contributed by atoms with Crippen molar-refractivity contribution in [2.45, 2.75) is 44.7 Å². The number of hydrogen-bond donors (Lipinski definition) is 2. The van der Waals surface area contributed by atoms with Gasteiger partial charge in [0.15, 0.2) is 0 Å². The second-order valence-electron chi connectivity index (χ2n) is 11.1. The minimum atomic E-state index is -2.78. The number of nitrogens with two attached hydrogens (primary N) is 1. The number of benzene rings is 2. The summed E-state index contributed by atoms with van der Waals surface area (Å²) in [5.41, 5.74) is 7.06. The maximum absolute atomic E-state index is 14.2. The number of hydrogen-bond acceptors (Lipinski definition) is 4. The molecule has 0 aliphatic heterocycles. The van der Waals surface area contributed by atoms with Crippen LogP contribution >= 0.6 is 0 Å². The Hall–Kier alpha value is -4.61. The Balaban J connectivity index is 1.35. The maximum atomic E-state index is 14.2. The van der Waals surface area contributed by atoms with E-state index in [4.69, 9.17) is 5.73 Å². The fourth-order valence-corrected chi connectivity index (χ4v) is 6.34. The highest BCUT2D eigenvalue weighted by Crippen LogP contribution is 2.62. The fraction of sp³-hybridized carbons (Fsp3) is 0.290. The third kappa shape index (κ3) is 5.37. The number of primary amides is 1. The predicted molar refractivity (Wildman–Crippen MR) is 145 cm³/mol. The summed E-state index contributed by atoms with van der Waals surface area (Å²) in [6.45, 7) is 1.65. The van der Waals surface area contributed by atoms with Crippen molar-refractivity contribution in [3.63, 3.8) is 0 Å². The van der Waals surface area contributed by atoms with E-state index in [1.54, 1.807) is 12.1 Å². The average Bonchev–Trinajstić information content (AvgIpc) is 3.25. The molecule has 2 heterocycles. The second-order valence-corrected chi connectivity index (χ2v) is 11.1. The lowest BCUT2D eigenvalue weighted by Crippen LogP contribution is -2.34. The molecular formula is C31H26F5N5O2. The second kappa shape index (κ2) is 10.9. The van der Waals surface area contributed by atoms with Gasteiger partial charge in [-0.2, -0.15) is 5.10 Å². The van der Waals surface area contributed by atoms with Crippen molar-refractivity contribution in [3.8, 4) is 11.1 Å². The zero-order valence-electron chi connectivity index (χ0n) is 22.8. The molecule has 3 N–H and O–H groups in total. The molecule has 1 saturated carbocycles. The first-order chi connectivity index (χ1) is 20.5. The Kier molecular flexibility index (Phi) is 7.23. The lowest BCUT2D eigenvalue weighted by atomic mass is 9.94. The number of pyridine rings is 1. The van der Waals surface area contributed by atoms with Crippen molar-refractivity contribution in [1.29, 1.82) is 0 Å². The van der Waals surface area contributed by atoms with Crippen LogP contribution in [0, 0.1) is 29.3 Å². The van der Waals surface area contributed by atoms with Crippen LogP contribution in [0.4, 0.5) is 22.0 Å². The Labute approximate surface area is 242 Å². The van der Waals surface area contributed by atoms with Gasteiger partial charge in [0.2, 0.25) is 5.91 Å². The van der Waals surface area contributed by atoms with E-state index in [0.717, 1.165) is 24.3 Å². The number of alkyl halides is 2. The molecule has 7 nitrogen and oxygen atoms in total. The highest BCUT2D eigenvalue weighted by molar-refractivity contribution is 5.94. The zero-order chi connectivity index (χ0) is 30.6. The van der Waals surface area contributed by atoms with Gasteiger partial charge in [0.05, 0.1) is 17.3 Å². The summed E-state index contributed by atoms with van der Waals surface area (Å²) >= 11 is 0. The van der Waals surface area contributed by atoms with E-state index in [2.05, 4.69) is 15.4 Å². The van der Waals surface area contributed by atoms with E-state index < -0.39 is 41.7 Å². The van der Waals surface area contributed by atoms with Gasteiger partial charge in [-0.1, -0.05) is 19.1 Å². The van der Waals surface area contributed by atoms with Crippen molar-refractivity contribution >= 4 is 11.8 Å². The van der Waals surface area contributed by atoms with Gasteiger partial charge in [-0.3, -0.25) is 19.3 Å². The highest BCUT2D eigenvalue weighted by atomic mass is 19.3. The molecule has 12 heteroatoms. The summed E-state index contributed by atoms with van der Waals surface area (Å²) in [6.07, 6.45) is -0.879. The van der Waals surface area contributed by atoms with Crippen molar-refractivity contribution < 1.29 is 31.5 Å². The Bertz CT molecular complexity index is 1740. The fourth-order valence-electron chi connectivity index (χ4n) is 6.34. The molecule has 222 valence electrons. The Morgan fingerprint density at radius 1 is 1.07 bits per heavy atom. The molecule has 43 heavy (non-hydrogen) atoms. The highest BCUT2D eigenvalue weighted by Gasteiger charge is 2.56. The van der Waals surface area contributed by atoms with Gasteiger partial charge in [-0.05, 0) is 72.1 Å².